The number of aryl methyl sites for hydroxylation is 2. The van der Waals surface area contributed by atoms with Crippen molar-refractivity contribution >= 4 is 10.9 Å². The summed E-state index contributed by atoms with van der Waals surface area (Å²) < 4.78 is 7.53. The van der Waals surface area contributed by atoms with E-state index in [0.717, 1.165) is 45.6 Å². The summed E-state index contributed by atoms with van der Waals surface area (Å²) in [5.74, 6) is 1.58. The number of nitrogens with one attached hydrogen (secondary N) is 1. The number of aromatic amines is 1. The van der Waals surface area contributed by atoms with Gasteiger partial charge in [-0.1, -0.05) is 49.4 Å². The fourth-order valence-electron chi connectivity index (χ4n) is 4.71. The van der Waals surface area contributed by atoms with Crippen LogP contribution in [0.4, 0.5) is 0 Å². The molecule has 0 saturated heterocycles. The lowest BCUT2D eigenvalue weighted by Gasteiger charge is -2.29. The fraction of sp³-hybridized carbons (Fsp3) is 0.286. The van der Waals surface area contributed by atoms with Gasteiger partial charge < -0.3 is 9.40 Å². The van der Waals surface area contributed by atoms with E-state index in [1.807, 2.05) is 48.0 Å². The molecule has 0 amide bonds. The van der Waals surface area contributed by atoms with Crippen LogP contribution < -0.4 is 5.56 Å². The molecule has 0 spiro atoms. The topological polar surface area (TPSA) is 92.8 Å². The number of furan rings is 1. The molecule has 1 atom stereocenters. The molecule has 0 radical (unpaired) electrons. The van der Waals surface area contributed by atoms with Gasteiger partial charge in [0.1, 0.15) is 5.76 Å². The van der Waals surface area contributed by atoms with Gasteiger partial charge in [-0.15, -0.1) is 5.10 Å². The van der Waals surface area contributed by atoms with E-state index in [0.29, 0.717) is 25.2 Å². The third-order valence-corrected chi connectivity index (χ3v) is 6.80. The first-order chi connectivity index (χ1) is 17.5. The fourth-order valence-corrected chi connectivity index (χ4v) is 4.71. The van der Waals surface area contributed by atoms with E-state index in [4.69, 9.17) is 4.42 Å². The summed E-state index contributed by atoms with van der Waals surface area (Å²) in [7, 11) is 0. The number of aromatic nitrogens is 5. The molecule has 0 unspecified atom stereocenters. The van der Waals surface area contributed by atoms with Crippen LogP contribution in [0.1, 0.15) is 53.2 Å². The highest BCUT2D eigenvalue weighted by Gasteiger charge is 2.27. The van der Waals surface area contributed by atoms with Gasteiger partial charge >= 0.3 is 0 Å². The first-order valence-electron chi connectivity index (χ1n) is 12.2. The average molecular weight is 483 g/mol. The molecule has 0 fully saturated rings. The maximum absolute atomic E-state index is 13.2. The van der Waals surface area contributed by atoms with Crippen molar-refractivity contribution < 1.29 is 4.42 Å². The monoisotopic (exact) mass is 482 g/mol. The van der Waals surface area contributed by atoms with Crippen molar-refractivity contribution in [3.05, 3.63) is 111 Å². The lowest BCUT2D eigenvalue weighted by Crippen LogP contribution is -2.32. The molecular weight excluding hydrogens is 452 g/mol. The van der Waals surface area contributed by atoms with Crippen molar-refractivity contribution in [2.75, 3.05) is 0 Å². The summed E-state index contributed by atoms with van der Waals surface area (Å²) in [5, 5.41) is 13.7. The second kappa shape index (κ2) is 10.3. The summed E-state index contributed by atoms with van der Waals surface area (Å²) in [4.78, 5) is 18.5. The van der Waals surface area contributed by atoms with Gasteiger partial charge in [0.05, 0.1) is 30.9 Å². The Morgan fingerprint density at radius 1 is 1.06 bits per heavy atom. The summed E-state index contributed by atoms with van der Waals surface area (Å²) in [6, 6.07) is 20.0. The predicted octanol–water partition coefficient (Wildman–Crippen LogP) is 4.93. The molecule has 3 heterocycles. The second-order valence-corrected chi connectivity index (χ2v) is 9.18. The van der Waals surface area contributed by atoms with Crippen molar-refractivity contribution in [3.8, 4) is 0 Å². The number of hydrogen-bond donors (Lipinski definition) is 1. The van der Waals surface area contributed by atoms with Crippen LogP contribution >= 0.6 is 0 Å². The molecule has 0 saturated carbocycles. The number of tetrazole rings is 1. The molecular formula is C28H30N6O2. The third-order valence-electron chi connectivity index (χ3n) is 6.80. The van der Waals surface area contributed by atoms with Crippen molar-refractivity contribution in [2.24, 2.45) is 0 Å². The molecule has 0 aliphatic rings. The van der Waals surface area contributed by atoms with Crippen LogP contribution in [0.5, 0.6) is 0 Å². The Balaban J connectivity index is 1.51. The zero-order valence-electron chi connectivity index (χ0n) is 20.8. The van der Waals surface area contributed by atoms with Gasteiger partial charge in [-0.2, -0.15) is 0 Å². The number of rotatable bonds is 9. The van der Waals surface area contributed by atoms with E-state index in [2.05, 4.69) is 63.5 Å². The van der Waals surface area contributed by atoms with E-state index in [-0.39, 0.29) is 11.6 Å². The van der Waals surface area contributed by atoms with Gasteiger partial charge in [0, 0.05) is 12.1 Å². The van der Waals surface area contributed by atoms with Gasteiger partial charge in [-0.3, -0.25) is 9.69 Å². The van der Waals surface area contributed by atoms with Crippen LogP contribution in [-0.4, -0.2) is 30.1 Å². The molecule has 0 aliphatic carbocycles. The Bertz CT molecular complexity index is 1500. The van der Waals surface area contributed by atoms with E-state index in [9.17, 15) is 4.79 Å². The van der Waals surface area contributed by atoms with Crippen LogP contribution in [0.25, 0.3) is 10.9 Å². The number of benzene rings is 2. The molecule has 184 valence electrons. The number of fused-ring (bicyclic) bond motifs is 1. The van der Waals surface area contributed by atoms with Crippen LogP contribution in [0.2, 0.25) is 0 Å². The Morgan fingerprint density at radius 2 is 1.89 bits per heavy atom. The largest absolute Gasteiger partial charge is 0.468 e. The van der Waals surface area contributed by atoms with E-state index in [1.165, 1.54) is 0 Å². The quantitative estimate of drug-likeness (QED) is 0.320. The minimum atomic E-state index is -0.122. The molecule has 0 bridgehead atoms. The van der Waals surface area contributed by atoms with Crippen molar-refractivity contribution in [1.29, 1.82) is 0 Å². The molecule has 1 N–H and O–H groups in total. The number of pyridine rings is 1. The summed E-state index contributed by atoms with van der Waals surface area (Å²) in [6.45, 7) is 7.72. The van der Waals surface area contributed by atoms with E-state index >= 15 is 0 Å². The number of hydrogen-bond acceptors (Lipinski definition) is 6. The first kappa shape index (κ1) is 23.7. The molecule has 2 aromatic carbocycles. The average Bonchev–Trinajstić information content (AvgIpc) is 3.56. The molecule has 8 nitrogen and oxygen atoms in total. The van der Waals surface area contributed by atoms with Gasteiger partial charge in [0.25, 0.3) is 5.56 Å². The highest BCUT2D eigenvalue weighted by Crippen LogP contribution is 2.27. The highest BCUT2D eigenvalue weighted by atomic mass is 16.3. The van der Waals surface area contributed by atoms with Crippen molar-refractivity contribution in [2.45, 2.75) is 52.9 Å². The second-order valence-electron chi connectivity index (χ2n) is 9.18. The van der Waals surface area contributed by atoms with E-state index in [1.54, 1.807) is 6.26 Å². The van der Waals surface area contributed by atoms with Gasteiger partial charge in [0.15, 0.2) is 5.82 Å². The summed E-state index contributed by atoms with van der Waals surface area (Å²) in [6.07, 6.45) is 2.43. The lowest BCUT2D eigenvalue weighted by molar-refractivity contribution is 0.149. The zero-order valence-corrected chi connectivity index (χ0v) is 20.8. The molecule has 8 heteroatoms. The highest BCUT2D eigenvalue weighted by molar-refractivity contribution is 5.83. The molecule has 36 heavy (non-hydrogen) atoms. The summed E-state index contributed by atoms with van der Waals surface area (Å²) in [5.41, 5.74) is 4.87. The number of nitrogens with zero attached hydrogens (tertiary/aromatic N) is 5. The van der Waals surface area contributed by atoms with Crippen LogP contribution in [0, 0.1) is 13.8 Å². The van der Waals surface area contributed by atoms with Gasteiger partial charge in [0.2, 0.25) is 0 Å². The van der Waals surface area contributed by atoms with Gasteiger partial charge in [-0.05, 0) is 71.0 Å². The maximum atomic E-state index is 13.2. The van der Waals surface area contributed by atoms with E-state index < -0.39 is 0 Å². The van der Waals surface area contributed by atoms with Crippen LogP contribution in [0.3, 0.4) is 0 Å². The van der Waals surface area contributed by atoms with Crippen molar-refractivity contribution in [3.63, 3.8) is 0 Å². The standard InChI is InChI=1S/C28H30N6O2/c1-4-25(27-30-31-32-34(27)16-21-9-6-5-7-10-21)33(18-24-11-8-14-36-24)17-23-15-22-13-12-19(2)20(3)26(22)29-28(23)35/h5-15,25H,4,16-18H2,1-3H3,(H,29,35)/t25-/m1/s1. The van der Waals surface area contributed by atoms with Gasteiger partial charge in [-0.25, -0.2) is 4.68 Å². The lowest BCUT2D eigenvalue weighted by atomic mass is 10.0. The minimum Gasteiger partial charge on any atom is -0.468 e. The maximum Gasteiger partial charge on any atom is 0.252 e. The van der Waals surface area contributed by atoms with Crippen LogP contribution in [-0.2, 0) is 19.6 Å². The Labute approximate surface area is 209 Å². The summed E-state index contributed by atoms with van der Waals surface area (Å²) >= 11 is 0. The number of H-pyrrole nitrogens is 1. The Kier molecular flexibility index (Phi) is 6.77. The van der Waals surface area contributed by atoms with Crippen molar-refractivity contribution in [1.82, 2.24) is 30.1 Å². The zero-order chi connectivity index (χ0) is 25.1. The Morgan fingerprint density at radius 3 is 2.64 bits per heavy atom. The minimum absolute atomic E-state index is 0.0839. The predicted molar refractivity (Wildman–Crippen MR) is 138 cm³/mol. The normalized spacial score (nSPS) is 12.4. The first-order valence-corrected chi connectivity index (χ1v) is 12.2. The van der Waals surface area contributed by atoms with Crippen LogP contribution in [0.15, 0.2) is 76.1 Å². The Hall–Kier alpha value is -4.04. The third kappa shape index (κ3) is 4.85. The molecule has 5 aromatic rings. The molecule has 0 aliphatic heterocycles. The SMILES string of the molecule is CC[C@H](c1nnnn1Cc1ccccc1)N(Cc1ccco1)Cc1cc2ccc(C)c(C)c2[nH]c1=O. The molecule has 3 aromatic heterocycles. The molecule has 5 rings (SSSR count). The smallest absolute Gasteiger partial charge is 0.252 e.